The van der Waals surface area contributed by atoms with Gasteiger partial charge in [0.2, 0.25) is 12.3 Å². The molecular weight excluding hydrogens is 384 g/mol. The van der Waals surface area contributed by atoms with E-state index in [0.29, 0.717) is 39.0 Å². The summed E-state index contributed by atoms with van der Waals surface area (Å²) in [5.74, 6) is -0.452. The second-order valence-corrected chi connectivity index (χ2v) is 7.97. The van der Waals surface area contributed by atoms with Gasteiger partial charge in [-0.15, -0.1) is 0 Å². The molecule has 2 amide bonds. The van der Waals surface area contributed by atoms with E-state index in [9.17, 15) is 19.2 Å². The zero-order chi connectivity index (χ0) is 21.9. The second kappa shape index (κ2) is 12.2. The second-order valence-electron chi connectivity index (χ2n) is 7.97. The van der Waals surface area contributed by atoms with Crippen molar-refractivity contribution in [3.05, 3.63) is 35.4 Å². The summed E-state index contributed by atoms with van der Waals surface area (Å²) in [6, 6.07) is 7.59. The number of rotatable bonds is 12. The molecule has 0 N–H and O–H groups in total. The van der Waals surface area contributed by atoms with Gasteiger partial charge in [0.05, 0.1) is 5.92 Å². The van der Waals surface area contributed by atoms with Crippen LogP contribution in [-0.2, 0) is 36.9 Å². The molecule has 1 fully saturated rings. The van der Waals surface area contributed by atoms with Gasteiger partial charge in [-0.3, -0.25) is 19.2 Å². The van der Waals surface area contributed by atoms with Crippen molar-refractivity contribution in [2.45, 2.75) is 45.1 Å². The maximum atomic E-state index is 12.4. The molecule has 0 heterocycles. The lowest BCUT2D eigenvalue weighted by Crippen LogP contribution is -2.30. The molecule has 7 heteroatoms. The van der Waals surface area contributed by atoms with Gasteiger partial charge in [0, 0.05) is 46.6 Å². The number of ketones is 2. The number of hydrogen-bond acceptors (Lipinski definition) is 5. The molecule has 1 atom stereocenters. The lowest BCUT2D eigenvalue weighted by molar-refractivity contribution is -0.136. The maximum Gasteiger partial charge on any atom is 0.248 e. The van der Waals surface area contributed by atoms with Crippen molar-refractivity contribution >= 4 is 23.9 Å². The first-order valence-electron chi connectivity index (χ1n) is 10.5. The number of carbonyl (C=O) groups is 4. The number of amides is 2. The van der Waals surface area contributed by atoms with Gasteiger partial charge in [-0.2, -0.15) is 0 Å². The van der Waals surface area contributed by atoms with Crippen molar-refractivity contribution in [1.29, 1.82) is 0 Å². The van der Waals surface area contributed by atoms with Gasteiger partial charge in [0.15, 0.2) is 0 Å². The van der Waals surface area contributed by atoms with E-state index >= 15 is 0 Å². The van der Waals surface area contributed by atoms with Crippen LogP contribution in [0, 0.1) is 5.92 Å². The maximum absolute atomic E-state index is 12.4. The van der Waals surface area contributed by atoms with Gasteiger partial charge in [-0.25, -0.2) is 0 Å². The van der Waals surface area contributed by atoms with Crippen LogP contribution in [0.25, 0.3) is 0 Å². The fraction of sp³-hybridized carbons (Fsp3) is 0.565. The molecule has 7 nitrogen and oxygen atoms in total. The lowest BCUT2D eigenvalue weighted by atomic mass is 9.83. The summed E-state index contributed by atoms with van der Waals surface area (Å²) in [5.41, 5.74) is 1.85. The molecule has 0 aromatic heterocycles. The zero-order valence-electron chi connectivity index (χ0n) is 18.0. The predicted molar refractivity (Wildman–Crippen MR) is 113 cm³/mol. The average Bonchev–Trinajstić information content (AvgIpc) is 2.74. The Morgan fingerprint density at radius 3 is 2.50 bits per heavy atom. The third kappa shape index (κ3) is 7.71. The van der Waals surface area contributed by atoms with Crippen LogP contribution in [0.1, 0.15) is 43.2 Å². The standard InChI is InChI=1S/C23H32N2O5/c1-24(17-26)12-5-13-30-16-23(29)25(2)15-19-10-8-18(9-11-19)14-22(28)20-6-3-4-7-21(20)27/h8-11,17,20H,3-7,12-16H2,1-2H3. The summed E-state index contributed by atoms with van der Waals surface area (Å²) in [7, 11) is 3.42. The first-order valence-corrected chi connectivity index (χ1v) is 10.5. The van der Waals surface area contributed by atoms with Crippen LogP contribution in [0.15, 0.2) is 24.3 Å². The molecule has 30 heavy (non-hydrogen) atoms. The third-order valence-electron chi connectivity index (χ3n) is 5.40. The fourth-order valence-corrected chi connectivity index (χ4v) is 3.51. The summed E-state index contributed by atoms with van der Waals surface area (Å²) >= 11 is 0. The summed E-state index contributed by atoms with van der Waals surface area (Å²) in [6.45, 7) is 1.47. The molecule has 164 valence electrons. The molecule has 1 aliphatic rings. The molecule has 1 aromatic carbocycles. The number of likely N-dealkylation sites (N-methyl/N-ethyl adjacent to an activating group) is 1. The Kier molecular flexibility index (Phi) is 9.67. The minimum Gasteiger partial charge on any atom is -0.372 e. The normalized spacial score (nSPS) is 16.2. The smallest absolute Gasteiger partial charge is 0.248 e. The van der Waals surface area contributed by atoms with Crippen molar-refractivity contribution in [3.63, 3.8) is 0 Å². The van der Waals surface area contributed by atoms with Gasteiger partial charge < -0.3 is 14.5 Å². The summed E-state index contributed by atoms with van der Waals surface area (Å²) in [4.78, 5) is 50.2. The van der Waals surface area contributed by atoms with Crippen molar-refractivity contribution < 1.29 is 23.9 Å². The Bertz CT molecular complexity index is 732. The molecule has 0 spiro atoms. The monoisotopic (exact) mass is 416 g/mol. The average molecular weight is 417 g/mol. The van der Waals surface area contributed by atoms with E-state index in [-0.39, 0.29) is 30.5 Å². The molecule has 0 aliphatic heterocycles. The Morgan fingerprint density at radius 1 is 1.13 bits per heavy atom. The van der Waals surface area contributed by atoms with Gasteiger partial charge in [-0.05, 0) is 30.4 Å². The highest BCUT2D eigenvalue weighted by atomic mass is 16.5. The Hall–Kier alpha value is -2.54. The third-order valence-corrected chi connectivity index (χ3v) is 5.40. The molecule has 0 bridgehead atoms. The van der Waals surface area contributed by atoms with Crippen LogP contribution >= 0.6 is 0 Å². The highest BCUT2D eigenvalue weighted by molar-refractivity contribution is 6.03. The minimum atomic E-state index is -0.430. The molecule has 0 radical (unpaired) electrons. The number of benzene rings is 1. The molecule has 2 rings (SSSR count). The number of hydrogen-bond donors (Lipinski definition) is 0. The molecule has 1 unspecified atom stereocenters. The number of Topliss-reactive ketones (excluding diaryl/α,β-unsaturated/α-hetero) is 2. The number of nitrogens with zero attached hydrogens (tertiary/aromatic N) is 2. The van der Waals surface area contributed by atoms with E-state index in [2.05, 4.69) is 0 Å². The Morgan fingerprint density at radius 2 is 1.83 bits per heavy atom. The van der Waals surface area contributed by atoms with Crippen LogP contribution in [0.5, 0.6) is 0 Å². The summed E-state index contributed by atoms with van der Waals surface area (Å²) in [5, 5.41) is 0. The molecule has 1 saturated carbocycles. The minimum absolute atomic E-state index is 0.00328. The SMILES string of the molecule is CN(C=O)CCCOCC(=O)N(C)Cc1ccc(CC(=O)C2CCCCC2=O)cc1. The van der Waals surface area contributed by atoms with Gasteiger partial charge in [0.25, 0.3) is 0 Å². The molecule has 0 saturated heterocycles. The van der Waals surface area contributed by atoms with Crippen molar-refractivity contribution in [1.82, 2.24) is 9.80 Å². The van der Waals surface area contributed by atoms with Crippen LogP contribution in [0.2, 0.25) is 0 Å². The van der Waals surface area contributed by atoms with Crippen molar-refractivity contribution in [2.75, 3.05) is 33.9 Å². The van der Waals surface area contributed by atoms with E-state index in [0.717, 1.165) is 30.4 Å². The van der Waals surface area contributed by atoms with Gasteiger partial charge in [-0.1, -0.05) is 30.7 Å². The van der Waals surface area contributed by atoms with Gasteiger partial charge in [0.1, 0.15) is 18.2 Å². The first-order chi connectivity index (χ1) is 14.4. The molecule has 1 aliphatic carbocycles. The van der Waals surface area contributed by atoms with E-state index < -0.39 is 5.92 Å². The van der Waals surface area contributed by atoms with E-state index in [1.54, 1.807) is 19.0 Å². The predicted octanol–water partition coefficient (Wildman–Crippen LogP) is 2.01. The zero-order valence-corrected chi connectivity index (χ0v) is 18.0. The Labute approximate surface area is 178 Å². The fourth-order valence-electron chi connectivity index (χ4n) is 3.51. The lowest BCUT2D eigenvalue weighted by Gasteiger charge is -2.19. The summed E-state index contributed by atoms with van der Waals surface area (Å²) < 4.78 is 5.38. The summed E-state index contributed by atoms with van der Waals surface area (Å²) in [6.07, 6.45) is 4.76. The van der Waals surface area contributed by atoms with E-state index in [1.807, 2.05) is 24.3 Å². The van der Waals surface area contributed by atoms with Crippen LogP contribution in [0.4, 0.5) is 0 Å². The largest absolute Gasteiger partial charge is 0.372 e. The van der Waals surface area contributed by atoms with E-state index in [4.69, 9.17) is 4.74 Å². The molecule has 1 aromatic rings. The number of carbonyl (C=O) groups excluding carboxylic acids is 4. The van der Waals surface area contributed by atoms with Crippen molar-refractivity contribution in [3.8, 4) is 0 Å². The highest BCUT2D eigenvalue weighted by Gasteiger charge is 2.28. The Balaban J connectivity index is 1.73. The van der Waals surface area contributed by atoms with Crippen molar-refractivity contribution in [2.24, 2.45) is 5.92 Å². The quantitative estimate of drug-likeness (QED) is 0.296. The van der Waals surface area contributed by atoms with Crippen LogP contribution in [-0.4, -0.2) is 67.5 Å². The molecular formula is C23H32N2O5. The first kappa shape index (κ1) is 23.7. The van der Waals surface area contributed by atoms with Crippen LogP contribution in [0.3, 0.4) is 0 Å². The topological polar surface area (TPSA) is 84.0 Å². The highest BCUT2D eigenvalue weighted by Crippen LogP contribution is 2.23. The van der Waals surface area contributed by atoms with Gasteiger partial charge >= 0.3 is 0 Å². The number of ether oxygens (including phenoxy) is 1. The van der Waals surface area contributed by atoms with Crippen LogP contribution < -0.4 is 0 Å². The van der Waals surface area contributed by atoms with E-state index in [1.165, 1.54) is 4.90 Å².